The molecule has 1 aromatic heterocycles. The van der Waals surface area contributed by atoms with Crippen molar-refractivity contribution in [1.82, 2.24) is 15.4 Å². The van der Waals surface area contributed by atoms with Gasteiger partial charge in [-0.3, -0.25) is 14.8 Å². The number of likely N-dealkylation sites (N-methyl/N-ethyl adjacent to an activating group) is 1. The van der Waals surface area contributed by atoms with Crippen LogP contribution in [0, 0.1) is 0 Å². The first-order valence-corrected chi connectivity index (χ1v) is 6.42. The fourth-order valence-corrected chi connectivity index (χ4v) is 1.99. The van der Waals surface area contributed by atoms with Gasteiger partial charge < -0.3 is 25.5 Å². The van der Waals surface area contributed by atoms with E-state index in [1.165, 1.54) is 0 Å². The van der Waals surface area contributed by atoms with Crippen molar-refractivity contribution in [1.29, 1.82) is 0 Å². The molecule has 1 heterocycles. The van der Waals surface area contributed by atoms with Crippen molar-refractivity contribution in [2.45, 2.75) is 29.9 Å². The van der Waals surface area contributed by atoms with Crippen molar-refractivity contribution in [2.75, 3.05) is 7.05 Å². The van der Waals surface area contributed by atoms with Gasteiger partial charge in [0.05, 0.1) is 17.8 Å². The summed E-state index contributed by atoms with van der Waals surface area (Å²) in [6, 6.07) is 1.82. The monoisotopic (exact) mass is 353 g/mol. The maximum atomic E-state index is 12.4. The van der Waals surface area contributed by atoms with Crippen LogP contribution in [0.4, 0.5) is 13.2 Å². The van der Waals surface area contributed by atoms with Gasteiger partial charge in [0, 0.05) is 13.2 Å². The number of aromatic nitrogens is 1. The van der Waals surface area contributed by atoms with Crippen molar-refractivity contribution in [3.8, 4) is 0 Å². The minimum Gasteiger partial charge on any atom is -0.371 e. The molecule has 1 aromatic rings. The molecule has 0 unspecified atom stereocenters. The molecule has 0 aromatic carbocycles. The van der Waals surface area contributed by atoms with E-state index in [9.17, 15) is 43.5 Å². The van der Waals surface area contributed by atoms with Gasteiger partial charge in [-0.1, -0.05) is 0 Å². The number of nitrogens with zero attached hydrogens (tertiary/aromatic N) is 2. The number of alkyl halides is 3. The molecule has 6 N–H and O–H groups in total. The third-order valence-corrected chi connectivity index (χ3v) is 3.70. The lowest BCUT2D eigenvalue weighted by atomic mass is 10.2. The highest BCUT2D eigenvalue weighted by molar-refractivity contribution is 5.92. The summed E-state index contributed by atoms with van der Waals surface area (Å²) >= 11 is 0. The summed E-state index contributed by atoms with van der Waals surface area (Å²) < 4.78 is 37.2. The molecule has 1 amide bonds. The maximum absolute atomic E-state index is 12.4. The smallest absolute Gasteiger partial charge is 0.371 e. The Morgan fingerprint density at radius 1 is 1.21 bits per heavy atom. The molecule has 0 spiro atoms. The Labute approximate surface area is 132 Å². The average Bonchev–Trinajstić information content (AvgIpc) is 2.81. The highest BCUT2D eigenvalue weighted by atomic mass is 19.4. The first-order valence-electron chi connectivity index (χ1n) is 6.42. The summed E-state index contributed by atoms with van der Waals surface area (Å²) in [6.07, 6.45) is -3.95. The van der Waals surface area contributed by atoms with Crippen LogP contribution in [0.3, 0.4) is 0 Å². The summed E-state index contributed by atoms with van der Waals surface area (Å²) in [5.74, 6) is -8.40. The first-order chi connectivity index (χ1) is 10.8. The van der Waals surface area contributed by atoms with Gasteiger partial charge in [-0.2, -0.15) is 13.2 Å². The Morgan fingerprint density at radius 3 is 2.12 bits per heavy atom. The molecule has 0 radical (unpaired) electrons. The number of carbonyl (C=O) groups is 1. The van der Waals surface area contributed by atoms with E-state index >= 15 is 0 Å². The SMILES string of the molecule is CN(NCc1ccc(C(F)(F)F)cn1)C(=O)C1(O)C(O)(O)C1(O)O. The number of carbonyl (C=O) groups excluding carboxylic acids is 1. The van der Waals surface area contributed by atoms with Crippen LogP contribution in [0.2, 0.25) is 0 Å². The second-order valence-electron chi connectivity index (χ2n) is 5.29. The first kappa shape index (κ1) is 18.5. The molecule has 0 aliphatic heterocycles. The van der Waals surface area contributed by atoms with Crippen molar-refractivity contribution in [3.63, 3.8) is 0 Å². The maximum Gasteiger partial charge on any atom is 0.417 e. The number of hydrogen-bond acceptors (Lipinski definition) is 8. The standard InChI is InChI=1S/C12H14F3N3O6/c1-18(8(19)9(20)11(21,22)12(9,23)24)17-5-7-3-2-6(4-16-7)10(13,14)15/h2-4,17,20-24H,5H2,1H3. The molecule has 1 aliphatic rings. The molecule has 1 fully saturated rings. The van der Waals surface area contributed by atoms with Crippen LogP contribution >= 0.6 is 0 Å². The molecular formula is C12H14F3N3O6. The predicted octanol–water partition coefficient (Wildman–Crippen LogP) is -2.33. The number of aliphatic hydroxyl groups is 5. The van der Waals surface area contributed by atoms with Gasteiger partial charge in [-0.15, -0.1) is 0 Å². The number of pyridine rings is 1. The molecule has 2 rings (SSSR count). The van der Waals surface area contributed by atoms with E-state index in [1.54, 1.807) is 0 Å². The summed E-state index contributed by atoms with van der Waals surface area (Å²) in [5, 5.41) is 47.0. The van der Waals surface area contributed by atoms with E-state index in [-0.39, 0.29) is 12.2 Å². The lowest BCUT2D eigenvalue weighted by Gasteiger charge is -2.21. The van der Waals surface area contributed by atoms with E-state index in [1.807, 2.05) is 0 Å². The Morgan fingerprint density at radius 2 is 1.75 bits per heavy atom. The number of hydrazine groups is 1. The normalized spacial score (nSPS) is 20.5. The summed E-state index contributed by atoms with van der Waals surface area (Å²) in [7, 11) is 1.02. The Bertz CT molecular complexity index is 632. The molecule has 1 saturated carbocycles. The van der Waals surface area contributed by atoms with Crippen molar-refractivity contribution in [3.05, 3.63) is 29.6 Å². The molecule has 1 aliphatic carbocycles. The molecule has 134 valence electrons. The van der Waals surface area contributed by atoms with E-state index in [4.69, 9.17) is 0 Å². The zero-order valence-electron chi connectivity index (χ0n) is 12.1. The zero-order valence-corrected chi connectivity index (χ0v) is 12.1. The Balaban J connectivity index is 1.99. The summed E-state index contributed by atoms with van der Waals surface area (Å²) in [4.78, 5) is 15.4. The van der Waals surface area contributed by atoms with E-state index in [2.05, 4.69) is 10.4 Å². The van der Waals surface area contributed by atoms with Crippen LogP contribution in [-0.2, 0) is 17.5 Å². The average molecular weight is 353 g/mol. The third kappa shape index (κ3) is 2.53. The number of hydrogen-bond donors (Lipinski definition) is 6. The second kappa shape index (κ2) is 5.34. The number of amides is 1. The van der Waals surface area contributed by atoms with Crippen LogP contribution in [-0.4, -0.2) is 65.7 Å². The van der Waals surface area contributed by atoms with Gasteiger partial charge in [-0.25, -0.2) is 5.43 Å². The lowest BCUT2D eigenvalue weighted by Crippen LogP contribution is -2.50. The number of nitrogens with one attached hydrogen (secondary N) is 1. The van der Waals surface area contributed by atoms with E-state index < -0.39 is 34.8 Å². The van der Waals surface area contributed by atoms with Gasteiger partial charge in [0.15, 0.2) is 0 Å². The van der Waals surface area contributed by atoms with Crippen molar-refractivity contribution < 1.29 is 43.5 Å². The largest absolute Gasteiger partial charge is 0.417 e. The van der Waals surface area contributed by atoms with Gasteiger partial charge in [0.25, 0.3) is 23.1 Å². The Kier molecular flexibility index (Phi) is 4.12. The topological polar surface area (TPSA) is 146 Å². The molecule has 0 saturated heterocycles. The van der Waals surface area contributed by atoms with Crippen LogP contribution in [0.25, 0.3) is 0 Å². The Hall–Kier alpha value is -1.83. The van der Waals surface area contributed by atoms with Gasteiger partial charge in [-0.05, 0) is 12.1 Å². The molecule has 0 atom stereocenters. The summed E-state index contributed by atoms with van der Waals surface area (Å²) in [5.41, 5.74) is -1.81. The molecule has 0 bridgehead atoms. The quantitative estimate of drug-likeness (QED) is 0.261. The van der Waals surface area contributed by atoms with Gasteiger partial charge in [0.1, 0.15) is 0 Å². The zero-order chi connectivity index (χ0) is 18.6. The van der Waals surface area contributed by atoms with Crippen LogP contribution in [0.5, 0.6) is 0 Å². The molecule has 12 heteroatoms. The molecule has 9 nitrogen and oxygen atoms in total. The van der Waals surface area contributed by atoms with E-state index in [0.29, 0.717) is 11.2 Å². The summed E-state index contributed by atoms with van der Waals surface area (Å²) in [6.45, 7) is -0.260. The van der Waals surface area contributed by atoms with Gasteiger partial charge in [0.2, 0.25) is 0 Å². The number of halogens is 3. The fourth-order valence-electron chi connectivity index (χ4n) is 1.99. The van der Waals surface area contributed by atoms with Crippen molar-refractivity contribution >= 4 is 5.91 Å². The highest BCUT2D eigenvalue weighted by Gasteiger charge is 2.94. The number of rotatable bonds is 4. The minimum absolute atomic E-state index is 0.101. The van der Waals surface area contributed by atoms with Crippen LogP contribution in [0.1, 0.15) is 11.3 Å². The second-order valence-corrected chi connectivity index (χ2v) is 5.29. The molecule has 24 heavy (non-hydrogen) atoms. The van der Waals surface area contributed by atoms with Crippen LogP contribution in [0.15, 0.2) is 18.3 Å². The fraction of sp³-hybridized carbons (Fsp3) is 0.500. The van der Waals surface area contributed by atoms with Crippen molar-refractivity contribution in [2.24, 2.45) is 0 Å². The lowest BCUT2D eigenvalue weighted by molar-refractivity contribution is -0.207. The third-order valence-electron chi connectivity index (χ3n) is 3.70. The van der Waals surface area contributed by atoms with E-state index in [0.717, 1.165) is 19.2 Å². The van der Waals surface area contributed by atoms with Crippen LogP contribution < -0.4 is 5.43 Å². The van der Waals surface area contributed by atoms with Gasteiger partial charge >= 0.3 is 6.18 Å². The minimum atomic E-state index is -4.54. The predicted molar refractivity (Wildman–Crippen MR) is 68.1 cm³/mol. The molecular weight excluding hydrogens is 339 g/mol. The highest BCUT2D eigenvalue weighted by Crippen LogP contribution is 2.54.